The fraction of sp³-hybridized carbons (Fsp3) is 0.348. The van der Waals surface area contributed by atoms with E-state index in [2.05, 4.69) is 20.4 Å². The zero-order valence-corrected chi connectivity index (χ0v) is 18.4. The van der Waals surface area contributed by atoms with Gasteiger partial charge in [0.2, 0.25) is 17.6 Å². The van der Waals surface area contributed by atoms with Crippen LogP contribution in [0, 0.1) is 5.82 Å². The summed E-state index contributed by atoms with van der Waals surface area (Å²) in [6.45, 7) is 3.44. The van der Waals surface area contributed by atoms with Crippen LogP contribution in [-0.4, -0.2) is 46.3 Å². The topological polar surface area (TPSA) is 71.3 Å². The Morgan fingerprint density at radius 2 is 2.03 bits per heavy atom. The molecular formula is C23H25FN4O2S. The molecule has 1 aliphatic heterocycles. The van der Waals surface area contributed by atoms with Crippen LogP contribution in [0.15, 0.2) is 57.9 Å². The Morgan fingerprint density at radius 3 is 2.81 bits per heavy atom. The van der Waals surface area contributed by atoms with E-state index in [-0.39, 0.29) is 23.7 Å². The lowest BCUT2D eigenvalue weighted by Gasteiger charge is -2.34. The number of nitrogens with zero attached hydrogens (tertiary/aromatic N) is 3. The van der Waals surface area contributed by atoms with Crippen molar-refractivity contribution in [3.8, 4) is 11.4 Å². The van der Waals surface area contributed by atoms with Gasteiger partial charge in [0.1, 0.15) is 5.82 Å². The first kappa shape index (κ1) is 21.5. The van der Waals surface area contributed by atoms with Gasteiger partial charge in [-0.3, -0.25) is 9.69 Å². The second kappa shape index (κ2) is 9.62. The number of aromatic nitrogens is 2. The summed E-state index contributed by atoms with van der Waals surface area (Å²) >= 11 is 1.61. The fourth-order valence-corrected chi connectivity index (χ4v) is 4.38. The molecule has 2 atom stereocenters. The number of rotatable bonds is 6. The highest BCUT2D eigenvalue weighted by Gasteiger charge is 2.31. The summed E-state index contributed by atoms with van der Waals surface area (Å²) in [6, 6.07) is 13.5. The van der Waals surface area contributed by atoms with E-state index >= 15 is 0 Å². The SMILES string of the molecule is CSc1ccccc1NC(=O)C(C)N1CCCC(c2nc(-c3ccc(F)cc3)no2)C1. The molecule has 2 heterocycles. The Hall–Kier alpha value is -2.71. The third kappa shape index (κ3) is 4.97. The number of thioether (sulfide) groups is 1. The average Bonchev–Trinajstić information content (AvgIpc) is 3.30. The molecule has 8 heteroatoms. The van der Waals surface area contributed by atoms with Gasteiger partial charge in [0.15, 0.2) is 0 Å². The first-order valence-corrected chi connectivity index (χ1v) is 11.5. The maximum absolute atomic E-state index is 13.2. The van der Waals surface area contributed by atoms with Crippen molar-refractivity contribution in [2.24, 2.45) is 0 Å². The van der Waals surface area contributed by atoms with Gasteiger partial charge in [0, 0.05) is 17.0 Å². The van der Waals surface area contributed by atoms with Gasteiger partial charge in [-0.1, -0.05) is 17.3 Å². The molecule has 6 nitrogen and oxygen atoms in total. The molecule has 2 aromatic carbocycles. The molecule has 1 fully saturated rings. The zero-order valence-electron chi connectivity index (χ0n) is 17.5. The molecule has 1 aliphatic rings. The number of carbonyl (C=O) groups is 1. The van der Waals surface area contributed by atoms with Crippen molar-refractivity contribution in [2.75, 3.05) is 24.7 Å². The zero-order chi connectivity index (χ0) is 21.8. The number of carbonyl (C=O) groups excluding carboxylic acids is 1. The van der Waals surface area contributed by atoms with Gasteiger partial charge >= 0.3 is 0 Å². The van der Waals surface area contributed by atoms with Crippen molar-refractivity contribution in [3.63, 3.8) is 0 Å². The Kier molecular flexibility index (Phi) is 6.67. The lowest BCUT2D eigenvalue weighted by molar-refractivity contribution is -0.121. The highest BCUT2D eigenvalue weighted by atomic mass is 32.2. The standard InChI is InChI=1S/C23H25FN4O2S/c1-15(22(29)25-19-7-3-4-8-20(19)31-2)28-13-5-6-17(14-28)23-26-21(27-30-23)16-9-11-18(24)12-10-16/h3-4,7-12,15,17H,5-6,13-14H2,1-2H3,(H,25,29). The highest BCUT2D eigenvalue weighted by molar-refractivity contribution is 7.98. The lowest BCUT2D eigenvalue weighted by Crippen LogP contribution is -2.46. The monoisotopic (exact) mass is 440 g/mol. The van der Waals surface area contributed by atoms with Crippen LogP contribution in [-0.2, 0) is 4.79 Å². The minimum Gasteiger partial charge on any atom is -0.339 e. The van der Waals surface area contributed by atoms with Crippen LogP contribution in [0.2, 0.25) is 0 Å². The molecule has 162 valence electrons. The second-order valence-electron chi connectivity index (χ2n) is 7.66. The van der Waals surface area contributed by atoms with Crippen molar-refractivity contribution in [2.45, 2.75) is 36.6 Å². The van der Waals surface area contributed by atoms with Gasteiger partial charge < -0.3 is 9.84 Å². The van der Waals surface area contributed by atoms with Gasteiger partial charge in [-0.25, -0.2) is 4.39 Å². The Bertz CT molecular complexity index is 1040. The Morgan fingerprint density at radius 1 is 1.26 bits per heavy atom. The number of hydrogen-bond acceptors (Lipinski definition) is 6. The van der Waals surface area contributed by atoms with Gasteiger partial charge in [0.25, 0.3) is 0 Å². The minimum absolute atomic E-state index is 0.0281. The van der Waals surface area contributed by atoms with Crippen LogP contribution in [0.25, 0.3) is 11.4 Å². The van der Waals surface area contributed by atoms with E-state index in [0.29, 0.717) is 23.8 Å². The third-order valence-corrected chi connectivity index (χ3v) is 6.43. The molecule has 4 rings (SSSR count). The second-order valence-corrected chi connectivity index (χ2v) is 8.51. The molecule has 0 radical (unpaired) electrons. The summed E-state index contributed by atoms with van der Waals surface area (Å²) in [5.74, 6) is 0.739. The maximum atomic E-state index is 13.2. The average molecular weight is 441 g/mol. The van der Waals surface area contributed by atoms with Crippen LogP contribution < -0.4 is 5.32 Å². The first-order chi connectivity index (χ1) is 15.0. The first-order valence-electron chi connectivity index (χ1n) is 10.3. The van der Waals surface area contributed by atoms with Crippen molar-refractivity contribution >= 4 is 23.4 Å². The summed E-state index contributed by atoms with van der Waals surface area (Å²) in [5.41, 5.74) is 1.55. The van der Waals surface area contributed by atoms with E-state index in [1.807, 2.05) is 37.4 Å². The van der Waals surface area contributed by atoms with Crippen molar-refractivity contribution in [1.82, 2.24) is 15.0 Å². The number of amides is 1. The molecule has 1 saturated heterocycles. The Balaban J connectivity index is 1.42. The molecule has 0 saturated carbocycles. The predicted molar refractivity (Wildman–Crippen MR) is 120 cm³/mol. The van der Waals surface area contributed by atoms with E-state index in [0.717, 1.165) is 30.0 Å². The normalized spacial score (nSPS) is 18.0. The predicted octanol–water partition coefficient (Wildman–Crippen LogP) is 4.80. The number of anilines is 1. The van der Waals surface area contributed by atoms with Crippen LogP contribution >= 0.6 is 11.8 Å². The van der Waals surface area contributed by atoms with E-state index in [4.69, 9.17) is 4.52 Å². The van der Waals surface area contributed by atoms with Crippen molar-refractivity contribution in [1.29, 1.82) is 0 Å². The quantitative estimate of drug-likeness (QED) is 0.555. The van der Waals surface area contributed by atoms with Gasteiger partial charge in [-0.05, 0) is 69.0 Å². The number of hydrogen-bond donors (Lipinski definition) is 1. The number of benzene rings is 2. The molecular weight excluding hydrogens is 415 g/mol. The number of halogens is 1. The van der Waals surface area contributed by atoms with Crippen LogP contribution in [0.3, 0.4) is 0 Å². The molecule has 0 bridgehead atoms. The summed E-state index contributed by atoms with van der Waals surface area (Å²) < 4.78 is 18.7. The summed E-state index contributed by atoms with van der Waals surface area (Å²) in [5, 5.41) is 7.12. The van der Waals surface area contributed by atoms with E-state index in [9.17, 15) is 9.18 Å². The van der Waals surface area contributed by atoms with Gasteiger partial charge in [-0.15, -0.1) is 11.8 Å². The largest absolute Gasteiger partial charge is 0.339 e. The molecule has 2 unspecified atom stereocenters. The van der Waals surface area contributed by atoms with Gasteiger partial charge in [-0.2, -0.15) is 4.98 Å². The van der Waals surface area contributed by atoms with E-state index < -0.39 is 0 Å². The lowest BCUT2D eigenvalue weighted by atomic mass is 9.96. The summed E-state index contributed by atoms with van der Waals surface area (Å²) in [6.07, 6.45) is 3.86. The number of para-hydroxylation sites is 1. The molecule has 1 amide bonds. The van der Waals surface area contributed by atoms with Gasteiger partial charge in [0.05, 0.1) is 17.6 Å². The summed E-state index contributed by atoms with van der Waals surface area (Å²) in [4.78, 5) is 20.6. The highest BCUT2D eigenvalue weighted by Crippen LogP contribution is 2.29. The van der Waals surface area contributed by atoms with Crippen molar-refractivity contribution < 1.29 is 13.7 Å². The Labute approximate surface area is 185 Å². The summed E-state index contributed by atoms with van der Waals surface area (Å²) in [7, 11) is 0. The number of nitrogens with one attached hydrogen (secondary N) is 1. The van der Waals surface area contributed by atoms with E-state index in [1.54, 1.807) is 23.9 Å². The molecule has 31 heavy (non-hydrogen) atoms. The fourth-order valence-electron chi connectivity index (χ4n) is 3.83. The van der Waals surface area contributed by atoms with Crippen LogP contribution in [0.4, 0.5) is 10.1 Å². The molecule has 3 aromatic rings. The molecule has 0 aliphatic carbocycles. The number of piperidine rings is 1. The molecule has 0 spiro atoms. The van der Waals surface area contributed by atoms with Crippen LogP contribution in [0.5, 0.6) is 0 Å². The third-order valence-electron chi connectivity index (χ3n) is 5.64. The molecule has 1 aromatic heterocycles. The van der Waals surface area contributed by atoms with E-state index in [1.165, 1.54) is 12.1 Å². The maximum Gasteiger partial charge on any atom is 0.241 e. The van der Waals surface area contributed by atoms with Crippen LogP contribution in [0.1, 0.15) is 31.6 Å². The number of likely N-dealkylation sites (tertiary alicyclic amines) is 1. The minimum atomic E-state index is -0.303. The smallest absolute Gasteiger partial charge is 0.241 e. The molecule has 1 N–H and O–H groups in total. The van der Waals surface area contributed by atoms with Crippen molar-refractivity contribution in [3.05, 3.63) is 60.2 Å².